The summed E-state index contributed by atoms with van der Waals surface area (Å²) in [6, 6.07) is 12.9. The molecule has 1 heterocycles. The van der Waals surface area contributed by atoms with Crippen LogP contribution < -0.4 is 10.3 Å². The van der Waals surface area contributed by atoms with Crippen LogP contribution in [0.5, 0.6) is 11.5 Å². The molecule has 0 aromatic heterocycles. The quantitative estimate of drug-likeness (QED) is 0.405. The SMILES string of the molecule is CN(C)c1ccc(-c2c3cc(O)c(=O)cc-3oc3cc(N=O)c(O)cc23)cc1. The Morgan fingerprint density at radius 2 is 1.68 bits per heavy atom. The van der Waals surface area contributed by atoms with Crippen LogP contribution in [0.2, 0.25) is 0 Å². The lowest BCUT2D eigenvalue weighted by molar-refractivity contribution is 0.469. The molecular formula is C21H16N2O5. The normalized spacial score (nSPS) is 11.1. The Labute approximate surface area is 159 Å². The number of nitroso groups, excluding NO2 is 1. The van der Waals surface area contributed by atoms with E-state index >= 15 is 0 Å². The summed E-state index contributed by atoms with van der Waals surface area (Å²) in [6.07, 6.45) is 0. The van der Waals surface area contributed by atoms with E-state index in [0.717, 1.165) is 11.3 Å². The maximum Gasteiger partial charge on any atom is 0.223 e. The molecule has 0 spiro atoms. The molecule has 4 rings (SSSR count). The lowest BCUT2D eigenvalue weighted by atomic mass is 9.93. The second kappa shape index (κ2) is 6.38. The maximum absolute atomic E-state index is 11.9. The maximum atomic E-state index is 11.9. The minimum Gasteiger partial charge on any atom is -0.506 e. The average Bonchev–Trinajstić information content (AvgIpc) is 2.67. The van der Waals surface area contributed by atoms with Gasteiger partial charge in [0.25, 0.3) is 0 Å². The summed E-state index contributed by atoms with van der Waals surface area (Å²) in [5, 5.41) is 23.4. The molecule has 0 radical (unpaired) electrons. The van der Waals surface area contributed by atoms with Crippen LogP contribution in [0.25, 0.3) is 33.4 Å². The van der Waals surface area contributed by atoms with Gasteiger partial charge in [-0.1, -0.05) is 12.1 Å². The van der Waals surface area contributed by atoms with Crippen LogP contribution in [-0.4, -0.2) is 24.3 Å². The highest BCUT2D eigenvalue weighted by molar-refractivity contribution is 6.03. The fraction of sp³-hybridized carbons (Fsp3) is 0.0952. The van der Waals surface area contributed by atoms with E-state index in [9.17, 15) is 19.9 Å². The molecule has 0 saturated heterocycles. The van der Waals surface area contributed by atoms with Crippen LogP contribution in [0.3, 0.4) is 0 Å². The number of rotatable bonds is 3. The molecule has 1 aliphatic heterocycles. The van der Waals surface area contributed by atoms with Gasteiger partial charge in [0, 0.05) is 48.4 Å². The van der Waals surface area contributed by atoms with E-state index in [-0.39, 0.29) is 22.8 Å². The summed E-state index contributed by atoms with van der Waals surface area (Å²) >= 11 is 0. The zero-order valence-electron chi connectivity index (χ0n) is 15.1. The second-order valence-electron chi connectivity index (χ2n) is 6.66. The second-order valence-corrected chi connectivity index (χ2v) is 6.66. The Balaban J connectivity index is 2.13. The highest BCUT2D eigenvalue weighted by Gasteiger charge is 2.21. The van der Waals surface area contributed by atoms with Gasteiger partial charge in [0.2, 0.25) is 5.43 Å². The highest BCUT2D eigenvalue weighted by Crippen LogP contribution is 2.44. The molecule has 0 saturated carbocycles. The molecule has 0 fully saturated rings. The Kier molecular flexibility index (Phi) is 4.00. The third-order valence-electron chi connectivity index (χ3n) is 4.67. The van der Waals surface area contributed by atoms with Gasteiger partial charge in [-0.3, -0.25) is 4.79 Å². The fourth-order valence-corrected chi connectivity index (χ4v) is 3.24. The molecule has 2 aromatic rings. The molecule has 2 N–H and O–H groups in total. The van der Waals surface area contributed by atoms with E-state index in [0.29, 0.717) is 16.5 Å². The summed E-state index contributed by atoms with van der Waals surface area (Å²) in [6.45, 7) is 0. The Morgan fingerprint density at radius 3 is 2.32 bits per heavy atom. The minimum absolute atomic E-state index is 0.161. The monoisotopic (exact) mass is 376 g/mol. The van der Waals surface area contributed by atoms with Crippen LogP contribution in [0.15, 0.2) is 62.9 Å². The van der Waals surface area contributed by atoms with Crippen LogP contribution in [0.4, 0.5) is 11.4 Å². The van der Waals surface area contributed by atoms with Crippen molar-refractivity contribution in [3.63, 3.8) is 0 Å². The van der Waals surface area contributed by atoms with Crippen molar-refractivity contribution in [1.29, 1.82) is 0 Å². The molecule has 0 amide bonds. The molecule has 28 heavy (non-hydrogen) atoms. The van der Waals surface area contributed by atoms with Crippen molar-refractivity contribution in [1.82, 2.24) is 0 Å². The molecule has 0 bridgehead atoms. The number of benzene rings is 3. The van der Waals surface area contributed by atoms with E-state index < -0.39 is 11.2 Å². The van der Waals surface area contributed by atoms with E-state index in [4.69, 9.17) is 4.42 Å². The first-order valence-corrected chi connectivity index (χ1v) is 8.46. The van der Waals surface area contributed by atoms with Crippen molar-refractivity contribution in [3.05, 3.63) is 63.7 Å². The third-order valence-corrected chi connectivity index (χ3v) is 4.67. The molecule has 0 unspecified atom stereocenters. The number of anilines is 1. The van der Waals surface area contributed by atoms with Gasteiger partial charge in [-0.15, -0.1) is 4.91 Å². The molecule has 2 aromatic carbocycles. The first-order chi connectivity index (χ1) is 13.4. The van der Waals surface area contributed by atoms with E-state index in [2.05, 4.69) is 5.18 Å². The number of hydrogen-bond donors (Lipinski definition) is 2. The van der Waals surface area contributed by atoms with Crippen molar-refractivity contribution >= 4 is 22.3 Å². The molecule has 1 aliphatic carbocycles. The first-order valence-electron chi connectivity index (χ1n) is 8.46. The van der Waals surface area contributed by atoms with Gasteiger partial charge < -0.3 is 19.5 Å². The van der Waals surface area contributed by atoms with E-state index in [1.807, 2.05) is 43.3 Å². The topological polar surface area (TPSA) is 103 Å². The summed E-state index contributed by atoms with van der Waals surface area (Å²) in [7, 11) is 3.86. The third kappa shape index (κ3) is 2.73. The number of nitrogens with zero attached hydrogens (tertiary/aromatic N) is 2. The number of aromatic hydroxyl groups is 2. The highest BCUT2D eigenvalue weighted by atomic mass is 16.3. The van der Waals surface area contributed by atoms with Crippen molar-refractivity contribution in [2.75, 3.05) is 19.0 Å². The largest absolute Gasteiger partial charge is 0.506 e. The standard InChI is InChI=1S/C21H16N2O5/c1-23(2)12-5-3-11(4-6-12)21-13-7-16(24)15(22-27)9-19(13)28-20-10-18(26)17(25)8-14(20)21/h3-10,24-25H,1-2H3. The van der Waals surface area contributed by atoms with E-state index in [1.54, 1.807) is 0 Å². The van der Waals surface area contributed by atoms with Gasteiger partial charge in [0.05, 0.1) is 0 Å². The predicted molar refractivity (Wildman–Crippen MR) is 108 cm³/mol. The zero-order valence-corrected chi connectivity index (χ0v) is 15.1. The van der Waals surface area contributed by atoms with Crippen LogP contribution in [0.1, 0.15) is 0 Å². The Bertz CT molecular complexity index is 1240. The smallest absolute Gasteiger partial charge is 0.223 e. The van der Waals surface area contributed by atoms with Gasteiger partial charge in [0.15, 0.2) is 11.4 Å². The molecule has 7 nitrogen and oxygen atoms in total. The predicted octanol–water partition coefficient (Wildman–Crippen LogP) is 4.44. The lowest BCUT2D eigenvalue weighted by Gasteiger charge is -2.17. The lowest BCUT2D eigenvalue weighted by Crippen LogP contribution is -2.08. The molecule has 7 heteroatoms. The van der Waals surface area contributed by atoms with Gasteiger partial charge >= 0.3 is 0 Å². The van der Waals surface area contributed by atoms with Crippen molar-refractivity contribution in [3.8, 4) is 33.9 Å². The number of phenolic OH excluding ortho intramolecular Hbond substituents is 2. The van der Waals surface area contributed by atoms with Gasteiger partial charge in [-0.2, -0.15) is 0 Å². The van der Waals surface area contributed by atoms with Crippen molar-refractivity contribution in [2.24, 2.45) is 5.18 Å². The molecule has 2 aliphatic rings. The van der Waals surface area contributed by atoms with Crippen LogP contribution >= 0.6 is 0 Å². The Morgan fingerprint density at radius 1 is 0.964 bits per heavy atom. The summed E-state index contributed by atoms with van der Waals surface area (Å²) < 4.78 is 5.77. The minimum atomic E-state index is -0.572. The van der Waals surface area contributed by atoms with Crippen LogP contribution in [-0.2, 0) is 0 Å². The summed E-state index contributed by atoms with van der Waals surface area (Å²) in [4.78, 5) is 24.8. The van der Waals surface area contributed by atoms with Gasteiger partial charge in [-0.25, -0.2) is 0 Å². The summed E-state index contributed by atoms with van der Waals surface area (Å²) in [5.41, 5.74) is 2.51. The first kappa shape index (κ1) is 17.5. The summed E-state index contributed by atoms with van der Waals surface area (Å²) in [5.74, 6) is -0.430. The molecule has 0 atom stereocenters. The fourth-order valence-electron chi connectivity index (χ4n) is 3.24. The number of hydrogen-bond acceptors (Lipinski definition) is 7. The van der Waals surface area contributed by atoms with Crippen LogP contribution in [0, 0.1) is 4.91 Å². The molecular weight excluding hydrogens is 360 g/mol. The van der Waals surface area contributed by atoms with E-state index in [1.165, 1.54) is 24.3 Å². The van der Waals surface area contributed by atoms with Crippen molar-refractivity contribution < 1.29 is 14.6 Å². The van der Waals surface area contributed by atoms with Gasteiger partial charge in [0.1, 0.15) is 17.1 Å². The van der Waals surface area contributed by atoms with Gasteiger partial charge in [-0.05, 0) is 35.0 Å². The number of phenols is 2. The molecule has 140 valence electrons. The Hall–Kier alpha value is -3.87. The number of fused-ring (bicyclic) bond motifs is 2. The zero-order chi connectivity index (χ0) is 20.0. The van der Waals surface area contributed by atoms with Crippen molar-refractivity contribution in [2.45, 2.75) is 0 Å². The average molecular weight is 376 g/mol.